The minimum absolute atomic E-state index is 0.422. The second kappa shape index (κ2) is 7.24. The summed E-state index contributed by atoms with van der Waals surface area (Å²) < 4.78 is 0. The van der Waals surface area contributed by atoms with Gasteiger partial charge in [0.25, 0.3) is 0 Å². The molecule has 2 N–H and O–H groups in total. The molecule has 0 spiro atoms. The van der Waals surface area contributed by atoms with Gasteiger partial charge in [0.05, 0.1) is 0 Å². The third-order valence-electron chi connectivity index (χ3n) is 3.53. The molecule has 0 aromatic carbocycles. The first-order valence-electron chi connectivity index (χ1n) is 6.33. The van der Waals surface area contributed by atoms with E-state index in [-0.39, 0.29) is 0 Å². The Morgan fingerprint density at radius 3 is 2.33 bits per heavy atom. The molecule has 1 atom stereocenters. The molecule has 0 rings (SSSR count). The average Bonchev–Trinajstić information content (AvgIpc) is 2.15. The van der Waals surface area contributed by atoms with Gasteiger partial charge < -0.3 is 10.6 Å². The summed E-state index contributed by atoms with van der Waals surface area (Å²) in [5.74, 6) is 0. The summed E-state index contributed by atoms with van der Waals surface area (Å²) in [6.07, 6.45) is 4.95. The van der Waals surface area contributed by atoms with Gasteiger partial charge in [-0.1, -0.05) is 20.8 Å². The number of rotatable bonds is 8. The Morgan fingerprint density at radius 1 is 1.27 bits per heavy atom. The van der Waals surface area contributed by atoms with Crippen molar-refractivity contribution in [2.45, 2.75) is 59.4 Å². The molecule has 0 saturated heterocycles. The third-order valence-corrected chi connectivity index (χ3v) is 3.53. The largest absolute Gasteiger partial charge is 0.330 e. The van der Waals surface area contributed by atoms with Gasteiger partial charge in [-0.25, -0.2) is 0 Å². The summed E-state index contributed by atoms with van der Waals surface area (Å²) >= 11 is 0. The number of nitrogens with two attached hydrogens (primary N) is 1. The van der Waals surface area contributed by atoms with E-state index >= 15 is 0 Å². The first-order chi connectivity index (χ1) is 6.93. The fourth-order valence-electron chi connectivity index (χ4n) is 1.85. The first kappa shape index (κ1) is 14.9. The smallest absolute Gasteiger partial charge is 0.00612 e. The Kier molecular flexibility index (Phi) is 7.20. The van der Waals surface area contributed by atoms with Gasteiger partial charge in [-0.3, -0.25) is 0 Å². The predicted octanol–water partition coefficient (Wildman–Crippen LogP) is 2.87. The van der Waals surface area contributed by atoms with E-state index in [4.69, 9.17) is 5.73 Å². The van der Waals surface area contributed by atoms with E-state index in [1.165, 1.54) is 25.8 Å². The lowest BCUT2D eigenvalue weighted by Gasteiger charge is -2.27. The molecule has 0 amide bonds. The van der Waals surface area contributed by atoms with E-state index < -0.39 is 0 Å². The molecule has 0 radical (unpaired) electrons. The zero-order chi connectivity index (χ0) is 11.9. The molecule has 0 aliphatic carbocycles. The van der Waals surface area contributed by atoms with Crippen molar-refractivity contribution < 1.29 is 0 Å². The normalized spacial score (nSPS) is 14.6. The highest BCUT2D eigenvalue weighted by atomic mass is 15.1. The number of nitrogens with zero attached hydrogens (tertiary/aromatic N) is 1. The maximum Gasteiger partial charge on any atom is 0.00612 e. The van der Waals surface area contributed by atoms with Gasteiger partial charge in [-0.15, -0.1) is 0 Å². The summed E-state index contributed by atoms with van der Waals surface area (Å²) in [6.45, 7) is 11.2. The van der Waals surface area contributed by atoms with Crippen LogP contribution >= 0.6 is 0 Å². The molecule has 1 unspecified atom stereocenters. The van der Waals surface area contributed by atoms with E-state index in [0.29, 0.717) is 11.5 Å². The van der Waals surface area contributed by atoms with Crippen LogP contribution in [0, 0.1) is 5.41 Å². The van der Waals surface area contributed by atoms with Crippen molar-refractivity contribution in [3.8, 4) is 0 Å². The summed E-state index contributed by atoms with van der Waals surface area (Å²) in [5, 5.41) is 0. The zero-order valence-electron chi connectivity index (χ0n) is 11.3. The molecule has 0 fully saturated rings. The Bertz CT molecular complexity index is 155. The van der Waals surface area contributed by atoms with Crippen LogP contribution in [0.3, 0.4) is 0 Å². The summed E-state index contributed by atoms with van der Waals surface area (Å²) in [4.78, 5) is 2.46. The highest BCUT2D eigenvalue weighted by molar-refractivity contribution is 4.70. The second-order valence-corrected chi connectivity index (χ2v) is 5.54. The van der Waals surface area contributed by atoms with Crippen molar-refractivity contribution in [1.82, 2.24) is 4.90 Å². The van der Waals surface area contributed by atoms with Crippen LogP contribution in [-0.2, 0) is 0 Å². The molecule has 2 nitrogen and oxygen atoms in total. The lowest BCUT2D eigenvalue weighted by atomic mass is 9.84. The predicted molar refractivity (Wildman–Crippen MR) is 69.1 cm³/mol. The van der Waals surface area contributed by atoms with E-state index in [1.807, 2.05) is 0 Å². The molecule has 0 saturated carbocycles. The van der Waals surface area contributed by atoms with Crippen LogP contribution in [0.15, 0.2) is 0 Å². The summed E-state index contributed by atoms with van der Waals surface area (Å²) in [6, 6.07) is 0.711. The van der Waals surface area contributed by atoms with Crippen molar-refractivity contribution in [2.24, 2.45) is 11.1 Å². The standard InChI is InChI=1S/C13H30N2/c1-6-12(2)15(5)11-7-8-13(3,4)9-10-14/h12H,6-11,14H2,1-5H3. The quantitative estimate of drug-likeness (QED) is 0.673. The Morgan fingerprint density at radius 2 is 1.87 bits per heavy atom. The van der Waals surface area contributed by atoms with Crippen LogP contribution in [-0.4, -0.2) is 31.1 Å². The lowest BCUT2D eigenvalue weighted by molar-refractivity contribution is 0.221. The Labute approximate surface area is 96.2 Å². The van der Waals surface area contributed by atoms with E-state index in [2.05, 4.69) is 39.6 Å². The highest BCUT2D eigenvalue weighted by Gasteiger charge is 2.16. The third kappa shape index (κ3) is 6.91. The molecule has 0 bridgehead atoms. The molecule has 0 aromatic heterocycles. The lowest BCUT2D eigenvalue weighted by Crippen LogP contribution is -2.30. The van der Waals surface area contributed by atoms with Crippen molar-refractivity contribution >= 4 is 0 Å². The minimum Gasteiger partial charge on any atom is -0.330 e. The topological polar surface area (TPSA) is 29.3 Å². The van der Waals surface area contributed by atoms with E-state index in [1.54, 1.807) is 0 Å². The van der Waals surface area contributed by atoms with Crippen LogP contribution in [0.2, 0.25) is 0 Å². The molecule has 0 aromatic rings. The SMILES string of the molecule is CCC(C)N(C)CCCC(C)(C)CCN. The van der Waals surface area contributed by atoms with Crippen molar-refractivity contribution in [3.05, 3.63) is 0 Å². The van der Waals surface area contributed by atoms with Crippen molar-refractivity contribution in [3.63, 3.8) is 0 Å². The molecule has 92 valence electrons. The summed E-state index contributed by atoms with van der Waals surface area (Å²) in [5.41, 5.74) is 6.03. The van der Waals surface area contributed by atoms with Crippen molar-refractivity contribution in [2.75, 3.05) is 20.1 Å². The highest BCUT2D eigenvalue weighted by Crippen LogP contribution is 2.25. The number of hydrogen-bond donors (Lipinski definition) is 1. The van der Waals surface area contributed by atoms with Gasteiger partial charge in [0.1, 0.15) is 0 Å². The van der Waals surface area contributed by atoms with E-state index in [9.17, 15) is 0 Å². The van der Waals surface area contributed by atoms with Crippen molar-refractivity contribution in [1.29, 1.82) is 0 Å². The second-order valence-electron chi connectivity index (χ2n) is 5.54. The maximum absolute atomic E-state index is 5.61. The molecular formula is C13H30N2. The minimum atomic E-state index is 0.422. The van der Waals surface area contributed by atoms with Crippen LogP contribution in [0.1, 0.15) is 53.4 Å². The van der Waals surface area contributed by atoms with Gasteiger partial charge >= 0.3 is 0 Å². The van der Waals surface area contributed by atoms with Gasteiger partial charge in [0.15, 0.2) is 0 Å². The molecule has 15 heavy (non-hydrogen) atoms. The van der Waals surface area contributed by atoms with Crippen LogP contribution < -0.4 is 5.73 Å². The molecule has 0 heterocycles. The summed E-state index contributed by atoms with van der Waals surface area (Å²) in [7, 11) is 2.23. The maximum atomic E-state index is 5.61. The Balaban J connectivity index is 3.69. The fraction of sp³-hybridized carbons (Fsp3) is 1.00. The first-order valence-corrected chi connectivity index (χ1v) is 6.33. The van der Waals surface area contributed by atoms with Crippen LogP contribution in [0.25, 0.3) is 0 Å². The molecular weight excluding hydrogens is 184 g/mol. The molecule has 0 aliphatic rings. The van der Waals surface area contributed by atoms with Gasteiger partial charge in [-0.2, -0.15) is 0 Å². The molecule has 0 aliphatic heterocycles. The Hall–Kier alpha value is -0.0800. The van der Waals surface area contributed by atoms with Gasteiger partial charge in [0, 0.05) is 6.04 Å². The molecule has 2 heteroatoms. The zero-order valence-corrected chi connectivity index (χ0v) is 11.3. The van der Waals surface area contributed by atoms with Gasteiger partial charge in [0.2, 0.25) is 0 Å². The monoisotopic (exact) mass is 214 g/mol. The average molecular weight is 214 g/mol. The van der Waals surface area contributed by atoms with Gasteiger partial charge in [-0.05, 0) is 58.2 Å². The fourth-order valence-corrected chi connectivity index (χ4v) is 1.85. The van der Waals surface area contributed by atoms with Crippen LogP contribution in [0.4, 0.5) is 0 Å². The van der Waals surface area contributed by atoms with Crippen LogP contribution in [0.5, 0.6) is 0 Å². The number of hydrogen-bond acceptors (Lipinski definition) is 2. The van der Waals surface area contributed by atoms with E-state index in [0.717, 1.165) is 13.0 Å².